The summed E-state index contributed by atoms with van der Waals surface area (Å²) >= 11 is 0. The standard InChI is InChI=1S/C18H22N2O3/c1-20(2)15-6-4-13(8-17(15)21-3)10-19-11-14-5-7-16-18(9-14)23-12-22-16/h4-9,19H,10-12H2,1-3H3. The maximum atomic E-state index is 5.46. The van der Waals surface area contributed by atoms with E-state index in [1.54, 1.807) is 7.11 Å². The molecular weight excluding hydrogens is 292 g/mol. The number of nitrogens with one attached hydrogen (secondary N) is 1. The molecule has 5 nitrogen and oxygen atoms in total. The first-order valence-corrected chi connectivity index (χ1v) is 7.61. The van der Waals surface area contributed by atoms with Crippen LogP contribution in [0.25, 0.3) is 0 Å². The van der Waals surface area contributed by atoms with Crippen LogP contribution in [0.5, 0.6) is 17.2 Å². The van der Waals surface area contributed by atoms with Gasteiger partial charge in [0.1, 0.15) is 5.75 Å². The highest BCUT2D eigenvalue weighted by atomic mass is 16.7. The zero-order valence-corrected chi connectivity index (χ0v) is 13.8. The van der Waals surface area contributed by atoms with Gasteiger partial charge < -0.3 is 24.4 Å². The van der Waals surface area contributed by atoms with Crippen molar-refractivity contribution in [2.75, 3.05) is 32.9 Å². The largest absolute Gasteiger partial charge is 0.495 e. The lowest BCUT2D eigenvalue weighted by Crippen LogP contribution is -2.14. The van der Waals surface area contributed by atoms with Crippen LogP contribution in [0.1, 0.15) is 11.1 Å². The summed E-state index contributed by atoms with van der Waals surface area (Å²) in [4.78, 5) is 2.04. The summed E-state index contributed by atoms with van der Waals surface area (Å²) in [6.07, 6.45) is 0. The molecule has 0 radical (unpaired) electrons. The number of benzene rings is 2. The van der Waals surface area contributed by atoms with Crippen LogP contribution >= 0.6 is 0 Å². The van der Waals surface area contributed by atoms with Gasteiger partial charge >= 0.3 is 0 Å². The van der Waals surface area contributed by atoms with Gasteiger partial charge in [-0.1, -0.05) is 12.1 Å². The third-order valence-electron chi connectivity index (χ3n) is 3.82. The van der Waals surface area contributed by atoms with Crippen molar-refractivity contribution in [3.05, 3.63) is 47.5 Å². The third-order valence-corrected chi connectivity index (χ3v) is 3.82. The predicted octanol–water partition coefficient (Wildman–Crippen LogP) is 2.78. The molecule has 122 valence electrons. The fraction of sp³-hybridized carbons (Fsp3) is 0.333. The Bertz CT molecular complexity index is 686. The van der Waals surface area contributed by atoms with Gasteiger partial charge in [-0.05, 0) is 35.4 Å². The van der Waals surface area contributed by atoms with Gasteiger partial charge in [0, 0.05) is 27.2 Å². The molecule has 0 atom stereocenters. The molecule has 0 amide bonds. The van der Waals surface area contributed by atoms with Crippen molar-refractivity contribution in [1.29, 1.82) is 0 Å². The molecule has 23 heavy (non-hydrogen) atoms. The van der Waals surface area contributed by atoms with Gasteiger partial charge in [0.05, 0.1) is 12.8 Å². The zero-order valence-electron chi connectivity index (χ0n) is 13.8. The number of hydrogen-bond acceptors (Lipinski definition) is 5. The van der Waals surface area contributed by atoms with Gasteiger partial charge in [-0.3, -0.25) is 0 Å². The van der Waals surface area contributed by atoms with Gasteiger partial charge in [0.2, 0.25) is 6.79 Å². The molecule has 0 spiro atoms. The monoisotopic (exact) mass is 314 g/mol. The topological polar surface area (TPSA) is 43.0 Å². The van der Waals surface area contributed by atoms with Gasteiger partial charge in [-0.25, -0.2) is 0 Å². The van der Waals surface area contributed by atoms with E-state index in [-0.39, 0.29) is 0 Å². The lowest BCUT2D eigenvalue weighted by molar-refractivity contribution is 0.174. The lowest BCUT2D eigenvalue weighted by Gasteiger charge is -2.17. The van der Waals surface area contributed by atoms with Gasteiger partial charge in [0.15, 0.2) is 11.5 Å². The van der Waals surface area contributed by atoms with E-state index in [0.717, 1.165) is 36.0 Å². The summed E-state index contributed by atoms with van der Waals surface area (Å²) in [7, 11) is 5.72. The summed E-state index contributed by atoms with van der Waals surface area (Å²) in [5.74, 6) is 2.52. The Morgan fingerprint density at radius 1 is 1.00 bits per heavy atom. The molecule has 0 bridgehead atoms. The fourth-order valence-corrected chi connectivity index (χ4v) is 2.60. The zero-order chi connectivity index (χ0) is 16.2. The molecule has 0 aromatic heterocycles. The van der Waals surface area contributed by atoms with Crippen LogP contribution in [-0.2, 0) is 13.1 Å². The maximum absolute atomic E-state index is 5.46. The molecule has 1 aliphatic heterocycles. The average molecular weight is 314 g/mol. The molecule has 0 saturated carbocycles. The van der Waals surface area contributed by atoms with Crippen molar-refractivity contribution in [3.8, 4) is 17.2 Å². The lowest BCUT2D eigenvalue weighted by atomic mass is 10.1. The highest BCUT2D eigenvalue weighted by Crippen LogP contribution is 2.32. The molecule has 1 N–H and O–H groups in total. The van der Waals surface area contributed by atoms with E-state index in [0.29, 0.717) is 6.79 Å². The summed E-state index contributed by atoms with van der Waals surface area (Å²) in [5.41, 5.74) is 3.44. The molecule has 2 aromatic carbocycles. The summed E-state index contributed by atoms with van der Waals surface area (Å²) in [6, 6.07) is 12.3. The molecule has 0 saturated heterocycles. The fourth-order valence-electron chi connectivity index (χ4n) is 2.60. The highest BCUT2D eigenvalue weighted by molar-refractivity contribution is 5.58. The average Bonchev–Trinajstić information content (AvgIpc) is 3.02. The minimum Gasteiger partial charge on any atom is -0.495 e. The first-order valence-electron chi connectivity index (χ1n) is 7.61. The first-order chi connectivity index (χ1) is 11.2. The number of hydrogen-bond donors (Lipinski definition) is 1. The number of methoxy groups -OCH3 is 1. The number of nitrogens with zero attached hydrogens (tertiary/aromatic N) is 1. The van der Waals surface area contributed by atoms with Crippen LogP contribution in [0, 0.1) is 0 Å². The number of fused-ring (bicyclic) bond motifs is 1. The van der Waals surface area contributed by atoms with Crippen LogP contribution in [-0.4, -0.2) is 28.0 Å². The van der Waals surface area contributed by atoms with E-state index >= 15 is 0 Å². The molecule has 2 aromatic rings. The second-order valence-electron chi connectivity index (χ2n) is 5.69. The van der Waals surface area contributed by atoms with Crippen molar-refractivity contribution in [2.45, 2.75) is 13.1 Å². The van der Waals surface area contributed by atoms with E-state index in [2.05, 4.69) is 29.6 Å². The molecule has 1 aliphatic rings. The van der Waals surface area contributed by atoms with E-state index < -0.39 is 0 Å². The molecular formula is C18H22N2O3. The molecule has 5 heteroatoms. The molecule has 0 unspecified atom stereocenters. The minimum absolute atomic E-state index is 0.310. The Kier molecular flexibility index (Phi) is 4.57. The van der Waals surface area contributed by atoms with Crippen molar-refractivity contribution < 1.29 is 14.2 Å². The second kappa shape index (κ2) is 6.79. The summed E-state index contributed by atoms with van der Waals surface area (Å²) in [6.45, 7) is 1.86. The first kappa shape index (κ1) is 15.5. The maximum Gasteiger partial charge on any atom is 0.231 e. The van der Waals surface area contributed by atoms with Gasteiger partial charge in [-0.2, -0.15) is 0 Å². The summed E-state index contributed by atoms with van der Waals surface area (Å²) < 4.78 is 16.2. The predicted molar refractivity (Wildman–Crippen MR) is 90.4 cm³/mol. The van der Waals surface area contributed by atoms with Gasteiger partial charge in [0.25, 0.3) is 0 Å². The Balaban J connectivity index is 1.60. The van der Waals surface area contributed by atoms with E-state index in [9.17, 15) is 0 Å². The number of rotatable bonds is 6. The van der Waals surface area contributed by atoms with Crippen molar-refractivity contribution in [2.24, 2.45) is 0 Å². The van der Waals surface area contributed by atoms with Crippen molar-refractivity contribution >= 4 is 5.69 Å². The Morgan fingerprint density at radius 3 is 2.43 bits per heavy atom. The Morgan fingerprint density at radius 2 is 1.70 bits per heavy atom. The third kappa shape index (κ3) is 3.51. The smallest absolute Gasteiger partial charge is 0.231 e. The van der Waals surface area contributed by atoms with Crippen LogP contribution in [0.3, 0.4) is 0 Å². The van der Waals surface area contributed by atoms with E-state index in [1.807, 2.05) is 31.1 Å². The quantitative estimate of drug-likeness (QED) is 0.888. The van der Waals surface area contributed by atoms with Crippen molar-refractivity contribution in [1.82, 2.24) is 5.32 Å². The van der Waals surface area contributed by atoms with Crippen LogP contribution in [0.4, 0.5) is 5.69 Å². The van der Waals surface area contributed by atoms with Gasteiger partial charge in [-0.15, -0.1) is 0 Å². The SMILES string of the molecule is COc1cc(CNCc2ccc3c(c2)OCO3)ccc1N(C)C. The molecule has 0 aliphatic carbocycles. The Hall–Kier alpha value is -2.40. The van der Waals surface area contributed by atoms with E-state index in [1.165, 1.54) is 11.1 Å². The normalized spacial score (nSPS) is 12.3. The molecule has 3 rings (SSSR count). The second-order valence-corrected chi connectivity index (χ2v) is 5.69. The molecule has 0 fully saturated rings. The Labute approximate surface area is 136 Å². The summed E-state index contributed by atoms with van der Waals surface area (Å²) in [5, 5.41) is 3.44. The number of anilines is 1. The van der Waals surface area contributed by atoms with Crippen LogP contribution < -0.4 is 24.4 Å². The van der Waals surface area contributed by atoms with Crippen LogP contribution in [0.15, 0.2) is 36.4 Å². The van der Waals surface area contributed by atoms with Crippen LogP contribution in [0.2, 0.25) is 0 Å². The van der Waals surface area contributed by atoms with E-state index in [4.69, 9.17) is 14.2 Å². The van der Waals surface area contributed by atoms with Crippen molar-refractivity contribution in [3.63, 3.8) is 0 Å². The number of ether oxygens (including phenoxy) is 3. The minimum atomic E-state index is 0.310. The highest BCUT2D eigenvalue weighted by Gasteiger charge is 2.13. The molecule has 1 heterocycles.